The van der Waals surface area contributed by atoms with E-state index in [-0.39, 0.29) is 0 Å². The Balaban J connectivity index is 3.96. The van der Waals surface area contributed by atoms with Gasteiger partial charge in [0, 0.05) is 6.08 Å². The largest absolute Gasteiger partial charge is 0.405 e. The summed E-state index contributed by atoms with van der Waals surface area (Å²) < 4.78 is 0. The van der Waals surface area contributed by atoms with Crippen LogP contribution in [0.25, 0.3) is 0 Å². The van der Waals surface area contributed by atoms with Crippen molar-refractivity contribution in [2.75, 3.05) is 0 Å². The van der Waals surface area contributed by atoms with Gasteiger partial charge in [0.05, 0.1) is 4.92 Å². The Kier molecular flexibility index (Phi) is 18.2. The van der Waals surface area contributed by atoms with Crippen LogP contribution in [-0.2, 0) is 0 Å². The molecule has 0 unspecified atom stereocenters. The second-order valence-corrected chi connectivity index (χ2v) is 4.86. The molecule has 0 saturated heterocycles. The van der Waals surface area contributed by atoms with Gasteiger partial charge in [-0.25, -0.2) is 0 Å². The molecule has 144 valence electrons. The minimum Gasteiger partial charge on any atom is -0.405 e. The molecule has 0 heterocycles. The quantitative estimate of drug-likeness (QED) is 0.266. The fourth-order valence-corrected chi connectivity index (χ4v) is 1.47. The minimum atomic E-state index is -0.503. The molecule has 2 N–H and O–H groups in total. The molecule has 0 aromatic heterocycles. The Bertz CT molecular complexity index is 766. The molecule has 4 nitrogen and oxygen atoms in total. The molecule has 28 heavy (non-hydrogen) atoms. The molecule has 0 atom stereocenters. The van der Waals surface area contributed by atoms with E-state index in [1.807, 2.05) is 103 Å². The van der Waals surface area contributed by atoms with Crippen molar-refractivity contribution in [1.29, 1.82) is 0 Å². The first-order chi connectivity index (χ1) is 13.8. The second kappa shape index (κ2) is 21.1. The third kappa shape index (κ3) is 22.1. The van der Waals surface area contributed by atoms with Crippen molar-refractivity contribution in [2.24, 2.45) is 5.73 Å². The standard InChI is InChI=1S/C24H26N2O2/c25-23-21-19-17-15-13-11-9-7-5-3-1-2-4-6-8-10-12-14-16-18-20-22-24-26(27)28/h1-24H,25H2/b3-1+,4-2+,7-5+,8-6+,11-9+,12-10+,15-13+,16-14+,19-17+,20-18+,23-21+,24-22+. The molecule has 0 saturated carbocycles. The van der Waals surface area contributed by atoms with Crippen molar-refractivity contribution in [1.82, 2.24) is 0 Å². The Morgan fingerprint density at radius 1 is 0.429 bits per heavy atom. The Hall–Kier alpha value is -3.92. The van der Waals surface area contributed by atoms with Crippen LogP contribution in [0, 0.1) is 10.1 Å². The van der Waals surface area contributed by atoms with Gasteiger partial charge in [0.1, 0.15) is 0 Å². The summed E-state index contributed by atoms with van der Waals surface area (Å²) in [6.45, 7) is 0. The van der Waals surface area contributed by atoms with Gasteiger partial charge < -0.3 is 5.73 Å². The maximum Gasteiger partial charge on any atom is 0.234 e. The van der Waals surface area contributed by atoms with Crippen LogP contribution in [0.2, 0.25) is 0 Å². The number of nitrogens with zero attached hydrogens (tertiary/aromatic N) is 1. The van der Waals surface area contributed by atoms with Crippen molar-refractivity contribution in [3.05, 3.63) is 156 Å². The van der Waals surface area contributed by atoms with E-state index in [9.17, 15) is 10.1 Å². The van der Waals surface area contributed by atoms with E-state index < -0.39 is 4.92 Å². The lowest BCUT2D eigenvalue weighted by Gasteiger charge is -1.76. The predicted molar refractivity (Wildman–Crippen MR) is 121 cm³/mol. The van der Waals surface area contributed by atoms with Gasteiger partial charge >= 0.3 is 0 Å². The number of nitrogens with two attached hydrogens (primary N) is 1. The van der Waals surface area contributed by atoms with Crippen LogP contribution in [0.4, 0.5) is 0 Å². The van der Waals surface area contributed by atoms with Crippen molar-refractivity contribution in [3.8, 4) is 0 Å². The summed E-state index contributed by atoms with van der Waals surface area (Å²) in [6, 6.07) is 0. The first-order valence-corrected chi connectivity index (χ1v) is 8.62. The van der Waals surface area contributed by atoms with Crippen LogP contribution in [0.5, 0.6) is 0 Å². The van der Waals surface area contributed by atoms with Crippen LogP contribution >= 0.6 is 0 Å². The lowest BCUT2D eigenvalue weighted by Crippen LogP contribution is -1.80. The highest BCUT2D eigenvalue weighted by Gasteiger charge is 1.77. The summed E-state index contributed by atoms with van der Waals surface area (Å²) in [7, 11) is 0. The topological polar surface area (TPSA) is 69.2 Å². The number of hydrogen-bond donors (Lipinski definition) is 1. The zero-order valence-corrected chi connectivity index (χ0v) is 15.7. The van der Waals surface area contributed by atoms with Crippen LogP contribution in [0.15, 0.2) is 146 Å². The molecular weight excluding hydrogens is 348 g/mol. The second-order valence-electron chi connectivity index (χ2n) is 4.86. The number of hydrogen-bond acceptors (Lipinski definition) is 3. The van der Waals surface area contributed by atoms with Crippen molar-refractivity contribution < 1.29 is 4.92 Å². The molecular formula is C24H26N2O2. The molecule has 0 amide bonds. The number of rotatable bonds is 12. The molecule has 0 aromatic rings. The summed E-state index contributed by atoms with van der Waals surface area (Å²) in [5.41, 5.74) is 5.21. The number of allylic oxidation sites excluding steroid dienone is 22. The van der Waals surface area contributed by atoms with Gasteiger partial charge in [0.25, 0.3) is 0 Å². The average Bonchev–Trinajstić information content (AvgIpc) is 2.68. The predicted octanol–water partition coefficient (Wildman–Crippen LogP) is 5.81. The van der Waals surface area contributed by atoms with Crippen LogP contribution in [0.3, 0.4) is 0 Å². The SMILES string of the molecule is N/C=C/C=C/C=C/C=C/C=C/C=C/C=C/C=C/C=C/C=C/C=C/C=C/[N+](=O)[O-]. The lowest BCUT2D eigenvalue weighted by atomic mass is 10.3. The normalized spacial score (nSPS) is 14.6. The first kappa shape index (κ1) is 24.1. The summed E-state index contributed by atoms with van der Waals surface area (Å²) in [5.74, 6) is 0. The average molecular weight is 374 g/mol. The highest BCUT2D eigenvalue weighted by atomic mass is 16.6. The molecule has 0 fully saturated rings. The van der Waals surface area contributed by atoms with E-state index in [0.29, 0.717) is 0 Å². The molecule has 0 bridgehead atoms. The maximum absolute atomic E-state index is 10.0. The molecule has 4 heteroatoms. The Morgan fingerprint density at radius 3 is 0.857 bits per heavy atom. The summed E-state index contributed by atoms with van der Waals surface area (Å²) in [6.07, 6.45) is 43.2. The molecule has 0 radical (unpaired) electrons. The third-order valence-electron chi connectivity index (χ3n) is 2.65. The molecule has 0 aliphatic carbocycles. The highest BCUT2D eigenvalue weighted by molar-refractivity contribution is 5.23. The van der Waals surface area contributed by atoms with Gasteiger partial charge in [-0.1, -0.05) is 122 Å². The molecule has 0 spiro atoms. The van der Waals surface area contributed by atoms with Crippen molar-refractivity contribution in [2.45, 2.75) is 0 Å². The monoisotopic (exact) mass is 374 g/mol. The zero-order chi connectivity index (χ0) is 20.5. The summed E-state index contributed by atoms with van der Waals surface area (Å²) in [4.78, 5) is 9.54. The van der Waals surface area contributed by atoms with E-state index in [2.05, 4.69) is 0 Å². The first-order valence-electron chi connectivity index (χ1n) is 8.62. The fraction of sp³-hybridized carbons (Fsp3) is 0. The van der Waals surface area contributed by atoms with Crippen LogP contribution < -0.4 is 5.73 Å². The van der Waals surface area contributed by atoms with Gasteiger partial charge in [-0.05, 0) is 12.3 Å². The van der Waals surface area contributed by atoms with Crippen LogP contribution in [-0.4, -0.2) is 4.92 Å². The smallest absolute Gasteiger partial charge is 0.234 e. The summed E-state index contributed by atoms with van der Waals surface area (Å²) in [5, 5.41) is 10.0. The number of nitro groups is 1. The van der Waals surface area contributed by atoms with E-state index in [1.165, 1.54) is 12.3 Å². The van der Waals surface area contributed by atoms with Gasteiger partial charge in [-0.3, -0.25) is 10.1 Å². The van der Waals surface area contributed by atoms with E-state index in [1.54, 1.807) is 24.3 Å². The van der Waals surface area contributed by atoms with Gasteiger partial charge in [-0.2, -0.15) is 0 Å². The zero-order valence-electron chi connectivity index (χ0n) is 15.7. The summed E-state index contributed by atoms with van der Waals surface area (Å²) >= 11 is 0. The Morgan fingerprint density at radius 2 is 0.643 bits per heavy atom. The molecule has 0 aliphatic heterocycles. The molecule has 0 aromatic carbocycles. The lowest BCUT2D eigenvalue weighted by molar-refractivity contribution is -0.402. The minimum absolute atomic E-state index is 0.503. The van der Waals surface area contributed by atoms with Crippen molar-refractivity contribution >= 4 is 0 Å². The van der Waals surface area contributed by atoms with Gasteiger partial charge in [0.15, 0.2) is 0 Å². The maximum atomic E-state index is 10.0. The van der Waals surface area contributed by atoms with E-state index in [0.717, 1.165) is 6.20 Å². The van der Waals surface area contributed by atoms with E-state index in [4.69, 9.17) is 5.73 Å². The van der Waals surface area contributed by atoms with Gasteiger partial charge in [0.2, 0.25) is 6.20 Å². The third-order valence-corrected chi connectivity index (χ3v) is 2.65. The Labute approximate surface area is 167 Å². The molecule has 0 rings (SSSR count). The molecule has 0 aliphatic rings. The fourth-order valence-electron chi connectivity index (χ4n) is 1.47. The van der Waals surface area contributed by atoms with Crippen molar-refractivity contribution in [3.63, 3.8) is 0 Å². The van der Waals surface area contributed by atoms with E-state index >= 15 is 0 Å². The van der Waals surface area contributed by atoms with Gasteiger partial charge in [-0.15, -0.1) is 0 Å². The van der Waals surface area contributed by atoms with Crippen LogP contribution in [0.1, 0.15) is 0 Å². The highest BCUT2D eigenvalue weighted by Crippen LogP contribution is 1.87.